The summed E-state index contributed by atoms with van der Waals surface area (Å²) in [7, 11) is 0. The van der Waals surface area contributed by atoms with Gasteiger partial charge in [-0.15, -0.1) is 0 Å². The lowest BCUT2D eigenvalue weighted by Crippen LogP contribution is -2.59. The summed E-state index contributed by atoms with van der Waals surface area (Å²) in [6.07, 6.45) is 7.61. The molecule has 4 bridgehead atoms. The molecule has 1 heterocycles. The van der Waals surface area contributed by atoms with E-state index in [-0.39, 0.29) is 11.5 Å². The number of carbonyl (C=O) groups is 1. The van der Waals surface area contributed by atoms with Crippen LogP contribution in [-0.4, -0.2) is 34.9 Å². The average Bonchev–Trinajstić information content (AvgIpc) is 2.86. The molecule has 1 aromatic heterocycles. The SMILES string of the molecule is Cc1n[nH]c(C)c1[C@H](N)C(=O)NCCOC12CC3C[C@@](C)(C1)C[C@](C)(C3)C2. The van der Waals surface area contributed by atoms with E-state index in [0.717, 1.165) is 22.9 Å². The molecule has 5 rings (SSSR count). The topological polar surface area (TPSA) is 93.0 Å². The highest BCUT2D eigenvalue weighted by Gasteiger charge is 2.60. The molecule has 4 aliphatic carbocycles. The van der Waals surface area contributed by atoms with Crippen LogP contribution >= 0.6 is 0 Å². The molecule has 0 radical (unpaired) electrons. The van der Waals surface area contributed by atoms with Crippen LogP contribution in [0.3, 0.4) is 0 Å². The maximum absolute atomic E-state index is 12.4. The van der Waals surface area contributed by atoms with Gasteiger partial charge in [0.2, 0.25) is 5.91 Å². The Bertz CT molecular complexity index is 705. The van der Waals surface area contributed by atoms with E-state index in [0.29, 0.717) is 24.0 Å². The molecule has 0 spiro atoms. The van der Waals surface area contributed by atoms with Gasteiger partial charge in [0, 0.05) is 17.8 Å². The van der Waals surface area contributed by atoms with Crippen molar-refractivity contribution in [3.05, 3.63) is 17.0 Å². The fraction of sp³-hybridized carbons (Fsp3) is 0.810. The van der Waals surface area contributed by atoms with E-state index in [4.69, 9.17) is 10.5 Å². The van der Waals surface area contributed by atoms with E-state index >= 15 is 0 Å². The Kier molecular flexibility index (Phi) is 4.43. The molecule has 4 fully saturated rings. The lowest BCUT2D eigenvalue weighted by molar-refractivity contribution is -0.213. The van der Waals surface area contributed by atoms with Crippen LogP contribution in [0.25, 0.3) is 0 Å². The van der Waals surface area contributed by atoms with Crippen LogP contribution < -0.4 is 11.1 Å². The summed E-state index contributed by atoms with van der Waals surface area (Å²) in [6.45, 7) is 9.71. The van der Waals surface area contributed by atoms with Crippen LogP contribution in [0, 0.1) is 30.6 Å². The average molecular weight is 375 g/mol. The van der Waals surface area contributed by atoms with Gasteiger partial charge in [-0.1, -0.05) is 13.8 Å². The largest absolute Gasteiger partial charge is 0.373 e. The second kappa shape index (κ2) is 6.31. The number of nitrogens with zero attached hydrogens (tertiary/aromatic N) is 1. The van der Waals surface area contributed by atoms with Gasteiger partial charge in [0.1, 0.15) is 6.04 Å². The summed E-state index contributed by atoms with van der Waals surface area (Å²) in [4.78, 5) is 12.4. The maximum Gasteiger partial charge on any atom is 0.241 e. The molecule has 0 saturated heterocycles. The minimum absolute atomic E-state index is 0.0213. The number of aromatic amines is 1. The first-order valence-electron chi connectivity index (χ1n) is 10.3. The van der Waals surface area contributed by atoms with E-state index in [1.807, 2.05) is 13.8 Å². The Morgan fingerprint density at radius 2 is 1.93 bits per heavy atom. The first kappa shape index (κ1) is 18.9. The van der Waals surface area contributed by atoms with Crippen molar-refractivity contribution in [1.29, 1.82) is 0 Å². The van der Waals surface area contributed by atoms with Gasteiger partial charge in [0.25, 0.3) is 0 Å². The number of hydrogen-bond acceptors (Lipinski definition) is 4. The minimum Gasteiger partial charge on any atom is -0.373 e. The normalized spacial score (nSPS) is 38.2. The Hall–Kier alpha value is -1.40. The number of ether oxygens (including phenoxy) is 1. The van der Waals surface area contributed by atoms with Crippen LogP contribution in [0.1, 0.15) is 75.4 Å². The summed E-state index contributed by atoms with van der Waals surface area (Å²) in [5, 5.41) is 9.96. The van der Waals surface area contributed by atoms with Crippen molar-refractivity contribution in [1.82, 2.24) is 15.5 Å². The van der Waals surface area contributed by atoms with Gasteiger partial charge in [-0.2, -0.15) is 5.10 Å². The van der Waals surface area contributed by atoms with Crippen molar-refractivity contribution in [2.24, 2.45) is 22.5 Å². The quantitative estimate of drug-likeness (QED) is 0.668. The van der Waals surface area contributed by atoms with Crippen molar-refractivity contribution in [3.63, 3.8) is 0 Å². The maximum atomic E-state index is 12.4. The zero-order valence-electron chi connectivity index (χ0n) is 17.2. The molecule has 1 aromatic rings. The fourth-order valence-electron chi connectivity index (χ4n) is 7.20. The smallest absolute Gasteiger partial charge is 0.241 e. The van der Waals surface area contributed by atoms with Crippen molar-refractivity contribution in [2.45, 2.75) is 77.9 Å². The Morgan fingerprint density at radius 1 is 1.26 bits per heavy atom. The molecule has 4 saturated carbocycles. The summed E-state index contributed by atoms with van der Waals surface area (Å²) in [5.41, 5.74) is 9.45. The number of nitrogens with two attached hydrogens (primary N) is 1. The third-order valence-corrected chi connectivity index (χ3v) is 7.16. The monoisotopic (exact) mass is 374 g/mol. The van der Waals surface area contributed by atoms with Crippen molar-refractivity contribution >= 4 is 5.91 Å². The van der Waals surface area contributed by atoms with E-state index in [1.165, 1.54) is 38.5 Å². The Labute approximate surface area is 162 Å². The van der Waals surface area contributed by atoms with Gasteiger partial charge in [0.05, 0.1) is 17.9 Å². The van der Waals surface area contributed by atoms with Gasteiger partial charge < -0.3 is 15.8 Å². The Morgan fingerprint density at radius 3 is 2.48 bits per heavy atom. The summed E-state index contributed by atoms with van der Waals surface area (Å²) in [6, 6.07) is -0.693. The van der Waals surface area contributed by atoms with Crippen molar-refractivity contribution in [3.8, 4) is 0 Å². The summed E-state index contributed by atoms with van der Waals surface area (Å²) < 4.78 is 6.47. The number of aryl methyl sites for hydroxylation is 2. The van der Waals surface area contributed by atoms with Crippen LogP contribution in [0.15, 0.2) is 0 Å². The first-order chi connectivity index (χ1) is 12.6. The third-order valence-electron chi connectivity index (χ3n) is 7.16. The highest BCUT2D eigenvalue weighted by molar-refractivity contribution is 5.83. The molecular weight excluding hydrogens is 340 g/mol. The van der Waals surface area contributed by atoms with Gasteiger partial charge in [-0.05, 0) is 69.1 Å². The molecule has 4 N–H and O–H groups in total. The lowest BCUT2D eigenvalue weighted by Gasteiger charge is -2.65. The summed E-state index contributed by atoms with van der Waals surface area (Å²) in [5.74, 6) is 0.641. The fourth-order valence-corrected chi connectivity index (χ4v) is 7.20. The third kappa shape index (κ3) is 3.42. The van der Waals surface area contributed by atoms with E-state index in [9.17, 15) is 4.79 Å². The molecule has 0 aromatic carbocycles. The number of amides is 1. The van der Waals surface area contributed by atoms with Crippen molar-refractivity contribution < 1.29 is 9.53 Å². The molecule has 27 heavy (non-hydrogen) atoms. The van der Waals surface area contributed by atoms with Crippen LogP contribution in [0.5, 0.6) is 0 Å². The molecule has 0 aliphatic heterocycles. The number of nitrogens with one attached hydrogen (secondary N) is 2. The number of hydrogen-bond donors (Lipinski definition) is 3. The molecule has 1 amide bonds. The molecule has 6 nitrogen and oxygen atoms in total. The molecule has 5 atom stereocenters. The Balaban J connectivity index is 1.31. The van der Waals surface area contributed by atoms with Crippen LogP contribution in [0.4, 0.5) is 0 Å². The predicted octanol–water partition coefficient (Wildman–Crippen LogP) is 2.91. The second-order valence-electron chi connectivity index (χ2n) is 10.3. The first-order valence-corrected chi connectivity index (χ1v) is 10.3. The molecular formula is C21H34N4O2. The zero-order chi connectivity index (χ0) is 19.4. The number of rotatable bonds is 6. The van der Waals surface area contributed by atoms with Crippen LogP contribution in [0.2, 0.25) is 0 Å². The highest BCUT2D eigenvalue weighted by atomic mass is 16.5. The predicted molar refractivity (Wildman–Crippen MR) is 104 cm³/mol. The number of aromatic nitrogens is 2. The van der Waals surface area contributed by atoms with E-state index < -0.39 is 6.04 Å². The van der Waals surface area contributed by atoms with E-state index in [2.05, 4.69) is 29.4 Å². The molecule has 4 aliphatic rings. The number of carbonyl (C=O) groups excluding carboxylic acids is 1. The highest BCUT2D eigenvalue weighted by Crippen LogP contribution is 2.67. The van der Waals surface area contributed by atoms with Gasteiger partial charge in [-0.25, -0.2) is 0 Å². The lowest BCUT2D eigenvalue weighted by atomic mass is 9.43. The standard InChI is InChI=1S/C21H34N4O2/c1-13-16(14(2)25-24-13)17(22)18(26)23-5-6-27-21-9-15-7-19(3,11-21)10-20(4,8-15)12-21/h15,17H,5-12,22H2,1-4H3,(H,23,26)(H,24,25)/t15?,17-,19-,20+,21?/m0/s1. The molecule has 6 heteroatoms. The van der Waals surface area contributed by atoms with Gasteiger partial charge in [0.15, 0.2) is 0 Å². The molecule has 150 valence electrons. The van der Waals surface area contributed by atoms with Gasteiger partial charge >= 0.3 is 0 Å². The zero-order valence-corrected chi connectivity index (χ0v) is 17.2. The number of H-pyrrole nitrogens is 1. The van der Waals surface area contributed by atoms with Gasteiger partial charge in [-0.3, -0.25) is 9.89 Å². The molecule has 2 unspecified atom stereocenters. The summed E-state index contributed by atoms with van der Waals surface area (Å²) >= 11 is 0. The van der Waals surface area contributed by atoms with Crippen LogP contribution in [-0.2, 0) is 9.53 Å². The van der Waals surface area contributed by atoms with E-state index in [1.54, 1.807) is 0 Å². The minimum atomic E-state index is -0.693. The van der Waals surface area contributed by atoms with Crippen molar-refractivity contribution in [2.75, 3.05) is 13.2 Å². The second-order valence-corrected chi connectivity index (χ2v) is 10.3.